The molecule has 7 heteroatoms. The molecule has 0 aliphatic carbocycles. The highest BCUT2D eigenvalue weighted by molar-refractivity contribution is 7.99. The zero-order chi connectivity index (χ0) is 13.5. The molecule has 0 aromatic carbocycles. The van der Waals surface area contributed by atoms with E-state index in [1.54, 1.807) is 23.1 Å². The predicted octanol–water partition coefficient (Wildman–Crippen LogP) is 1.17. The van der Waals surface area contributed by atoms with Gasteiger partial charge in [0.05, 0.1) is 12.1 Å². The molecule has 0 saturated carbocycles. The molecule has 2 aromatic heterocycles. The molecule has 0 aliphatic rings. The average Bonchev–Trinajstić information content (AvgIpc) is 2.94. The van der Waals surface area contributed by atoms with Crippen molar-refractivity contribution in [3.63, 3.8) is 0 Å². The second kappa shape index (κ2) is 7.52. The summed E-state index contributed by atoms with van der Waals surface area (Å²) in [4.78, 5) is 17.0. The Labute approximate surface area is 120 Å². The van der Waals surface area contributed by atoms with Crippen LogP contribution in [0.5, 0.6) is 0 Å². The minimum atomic E-state index is 0.00788. The van der Waals surface area contributed by atoms with E-state index < -0.39 is 0 Å². The lowest BCUT2D eigenvalue weighted by Crippen LogP contribution is -2.27. The smallest absolute Gasteiger partial charge is 0.226 e. The molecular formula is C12H17N3O2S2. The SMILES string of the molecule is O=C(Cc1cn2ccsc2n1)NCCSCCCO. The minimum Gasteiger partial charge on any atom is -0.396 e. The van der Waals surface area contributed by atoms with Crippen LogP contribution in [0.1, 0.15) is 12.1 Å². The maximum absolute atomic E-state index is 11.7. The summed E-state index contributed by atoms with van der Waals surface area (Å²) in [7, 11) is 0. The maximum atomic E-state index is 11.7. The minimum absolute atomic E-state index is 0.00788. The van der Waals surface area contributed by atoms with Crippen LogP contribution in [0.4, 0.5) is 0 Å². The van der Waals surface area contributed by atoms with Crippen LogP contribution in [0, 0.1) is 0 Å². The zero-order valence-corrected chi connectivity index (χ0v) is 12.2. The van der Waals surface area contributed by atoms with E-state index in [9.17, 15) is 4.79 Å². The summed E-state index contributed by atoms with van der Waals surface area (Å²) in [5.74, 6) is 1.82. The summed E-state index contributed by atoms with van der Waals surface area (Å²) in [5, 5.41) is 13.5. The van der Waals surface area contributed by atoms with E-state index in [0.717, 1.165) is 28.6 Å². The average molecular weight is 299 g/mol. The zero-order valence-electron chi connectivity index (χ0n) is 10.5. The number of fused-ring (bicyclic) bond motifs is 1. The number of thioether (sulfide) groups is 1. The number of imidazole rings is 1. The third kappa shape index (κ3) is 4.52. The Balaban J connectivity index is 1.65. The van der Waals surface area contributed by atoms with Crippen molar-refractivity contribution in [2.75, 3.05) is 24.7 Å². The lowest BCUT2D eigenvalue weighted by molar-refractivity contribution is -0.120. The highest BCUT2D eigenvalue weighted by Crippen LogP contribution is 2.11. The summed E-state index contributed by atoms with van der Waals surface area (Å²) in [6.07, 6.45) is 4.97. The monoisotopic (exact) mass is 299 g/mol. The van der Waals surface area contributed by atoms with Gasteiger partial charge in [0.1, 0.15) is 0 Å². The number of carbonyl (C=O) groups excluding carboxylic acids is 1. The van der Waals surface area contributed by atoms with Crippen LogP contribution in [0.3, 0.4) is 0 Å². The number of aliphatic hydroxyl groups is 1. The molecule has 0 spiro atoms. The van der Waals surface area contributed by atoms with Gasteiger partial charge < -0.3 is 10.4 Å². The molecule has 1 amide bonds. The largest absolute Gasteiger partial charge is 0.396 e. The molecule has 2 aromatic rings. The Morgan fingerprint density at radius 1 is 1.53 bits per heavy atom. The fourth-order valence-electron chi connectivity index (χ4n) is 1.62. The maximum Gasteiger partial charge on any atom is 0.226 e. The number of aliphatic hydroxyl groups excluding tert-OH is 1. The summed E-state index contributed by atoms with van der Waals surface area (Å²) in [5.41, 5.74) is 0.803. The van der Waals surface area contributed by atoms with Gasteiger partial charge in [0.25, 0.3) is 0 Å². The Kier molecular flexibility index (Phi) is 5.68. The van der Waals surface area contributed by atoms with Crippen LogP contribution in [-0.4, -0.2) is 45.1 Å². The van der Waals surface area contributed by atoms with Crippen molar-refractivity contribution in [2.45, 2.75) is 12.8 Å². The quantitative estimate of drug-likeness (QED) is 0.718. The van der Waals surface area contributed by atoms with E-state index >= 15 is 0 Å². The highest BCUT2D eigenvalue weighted by Gasteiger charge is 2.07. The normalized spacial score (nSPS) is 11.0. The molecule has 2 rings (SSSR count). The Morgan fingerprint density at radius 2 is 2.42 bits per heavy atom. The van der Waals surface area contributed by atoms with Crippen LogP contribution < -0.4 is 5.32 Å². The van der Waals surface area contributed by atoms with E-state index in [1.807, 2.05) is 22.2 Å². The van der Waals surface area contributed by atoms with Crippen LogP contribution in [0.15, 0.2) is 17.8 Å². The highest BCUT2D eigenvalue weighted by atomic mass is 32.2. The Morgan fingerprint density at radius 3 is 3.21 bits per heavy atom. The van der Waals surface area contributed by atoms with Crippen molar-refractivity contribution >= 4 is 34.0 Å². The van der Waals surface area contributed by atoms with Gasteiger partial charge >= 0.3 is 0 Å². The molecule has 19 heavy (non-hydrogen) atoms. The van der Waals surface area contributed by atoms with Crippen LogP contribution >= 0.6 is 23.1 Å². The third-order valence-corrected chi connectivity index (χ3v) is 4.34. The summed E-state index contributed by atoms with van der Waals surface area (Å²) < 4.78 is 1.93. The Hall–Kier alpha value is -1.05. The molecule has 2 N–H and O–H groups in total. The first-order valence-electron chi connectivity index (χ1n) is 6.16. The van der Waals surface area contributed by atoms with Gasteiger partial charge in [-0.2, -0.15) is 11.8 Å². The first-order valence-corrected chi connectivity index (χ1v) is 8.19. The predicted molar refractivity (Wildman–Crippen MR) is 78.8 cm³/mol. The van der Waals surface area contributed by atoms with E-state index in [2.05, 4.69) is 10.3 Å². The number of hydrogen-bond donors (Lipinski definition) is 2. The standard InChI is InChI=1S/C12H17N3O2S2/c16-4-1-5-18-6-2-13-11(17)8-10-9-15-3-7-19-12(15)14-10/h3,7,9,16H,1-2,4-6,8H2,(H,13,17). The van der Waals surface area contributed by atoms with E-state index in [4.69, 9.17) is 5.11 Å². The molecule has 0 unspecified atom stereocenters. The summed E-state index contributed by atoms with van der Waals surface area (Å²) in [6.45, 7) is 0.897. The molecule has 0 bridgehead atoms. The first kappa shape index (κ1) is 14.4. The van der Waals surface area contributed by atoms with Crippen molar-refractivity contribution in [1.29, 1.82) is 0 Å². The van der Waals surface area contributed by atoms with Gasteiger partial charge in [-0.05, 0) is 12.2 Å². The van der Waals surface area contributed by atoms with Crippen molar-refractivity contribution in [1.82, 2.24) is 14.7 Å². The van der Waals surface area contributed by atoms with E-state index in [0.29, 0.717) is 13.0 Å². The van der Waals surface area contributed by atoms with Crippen LogP contribution in [-0.2, 0) is 11.2 Å². The third-order valence-electron chi connectivity index (χ3n) is 2.50. The fraction of sp³-hybridized carbons (Fsp3) is 0.500. The van der Waals surface area contributed by atoms with Crippen LogP contribution in [0.25, 0.3) is 4.96 Å². The van der Waals surface area contributed by atoms with Gasteiger partial charge in [-0.25, -0.2) is 4.98 Å². The van der Waals surface area contributed by atoms with Gasteiger partial charge in [0.2, 0.25) is 5.91 Å². The topological polar surface area (TPSA) is 66.6 Å². The van der Waals surface area contributed by atoms with Crippen molar-refractivity contribution in [3.8, 4) is 0 Å². The molecule has 2 heterocycles. The van der Waals surface area contributed by atoms with Gasteiger partial charge in [-0.3, -0.25) is 9.20 Å². The summed E-state index contributed by atoms with van der Waals surface area (Å²) in [6, 6.07) is 0. The van der Waals surface area contributed by atoms with E-state index in [-0.39, 0.29) is 12.5 Å². The van der Waals surface area contributed by atoms with Crippen molar-refractivity contribution < 1.29 is 9.90 Å². The molecule has 0 aliphatic heterocycles. The first-order chi connectivity index (χ1) is 9.29. The van der Waals surface area contributed by atoms with Gasteiger partial charge in [0, 0.05) is 36.7 Å². The lowest BCUT2D eigenvalue weighted by atomic mass is 10.3. The molecule has 0 atom stereocenters. The van der Waals surface area contributed by atoms with E-state index in [1.165, 1.54) is 0 Å². The second-order valence-corrected chi connectivity index (χ2v) is 6.14. The molecular weight excluding hydrogens is 282 g/mol. The fourth-order valence-corrected chi connectivity index (χ4v) is 3.12. The Bertz CT molecular complexity index is 495. The number of nitrogens with one attached hydrogen (secondary N) is 1. The number of carbonyl (C=O) groups is 1. The molecule has 0 radical (unpaired) electrons. The molecule has 104 valence electrons. The number of rotatable bonds is 8. The number of aromatic nitrogens is 2. The molecule has 0 fully saturated rings. The van der Waals surface area contributed by atoms with Gasteiger partial charge in [-0.1, -0.05) is 0 Å². The van der Waals surface area contributed by atoms with Crippen molar-refractivity contribution in [2.24, 2.45) is 0 Å². The summed E-state index contributed by atoms with van der Waals surface area (Å²) >= 11 is 3.30. The number of hydrogen-bond acceptors (Lipinski definition) is 5. The van der Waals surface area contributed by atoms with Gasteiger partial charge in [-0.15, -0.1) is 11.3 Å². The number of amides is 1. The second-order valence-electron chi connectivity index (χ2n) is 4.04. The lowest BCUT2D eigenvalue weighted by Gasteiger charge is -2.03. The molecule has 5 nitrogen and oxygen atoms in total. The number of thiazole rings is 1. The number of nitrogens with zero attached hydrogens (tertiary/aromatic N) is 2. The van der Waals surface area contributed by atoms with Gasteiger partial charge in [0.15, 0.2) is 4.96 Å². The molecule has 0 saturated heterocycles. The van der Waals surface area contributed by atoms with Crippen LogP contribution in [0.2, 0.25) is 0 Å². The van der Waals surface area contributed by atoms with Crippen molar-refractivity contribution in [3.05, 3.63) is 23.5 Å².